The van der Waals surface area contributed by atoms with E-state index in [-0.39, 0.29) is 12.6 Å². The monoisotopic (exact) mass is 550 g/mol. The van der Waals surface area contributed by atoms with E-state index in [1.807, 2.05) is 0 Å². The minimum atomic E-state index is -0.357. The lowest BCUT2D eigenvalue weighted by Crippen LogP contribution is -2.13. The summed E-state index contributed by atoms with van der Waals surface area (Å²) < 4.78 is 13.5. The molecule has 0 fully saturated rings. The van der Waals surface area contributed by atoms with Gasteiger partial charge in [-0.05, 0) is 74.1 Å². The number of esters is 1. The Kier molecular flexibility index (Phi) is 14.5. The quantitative estimate of drug-likeness (QED) is 0.122. The van der Waals surface area contributed by atoms with Gasteiger partial charge in [0.25, 0.3) is 0 Å². The molecule has 1 atom stereocenters. The van der Waals surface area contributed by atoms with E-state index in [1.54, 1.807) is 0 Å². The predicted octanol–water partition coefficient (Wildman–Crippen LogP) is 9.57. The Morgan fingerprint density at radius 3 is 2.33 bits per heavy atom. The first-order chi connectivity index (χ1) is 19.6. The van der Waals surface area contributed by atoms with E-state index in [9.17, 15) is 4.79 Å². The molecule has 0 aliphatic heterocycles. The third-order valence-corrected chi connectivity index (χ3v) is 8.72. The first-order valence-corrected chi connectivity index (χ1v) is 16.3. The molecule has 40 heavy (non-hydrogen) atoms. The number of rotatable bonds is 20. The summed E-state index contributed by atoms with van der Waals surface area (Å²) >= 11 is 0. The van der Waals surface area contributed by atoms with Gasteiger partial charge in [-0.2, -0.15) is 5.26 Å². The van der Waals surface area contributed by atoms with Crippen molar-refractivity contribution in [1.29, 1.82) is 5.26 Å². The number of nitrogens with zero attached hydrogens (tertiary/aromatic N) is 2. The van der Waals surface area contributed by atoms with Crippen LogP contribution in [0.15, 0.2) is 12.1 Å². The van der Waals surface area contributed by atoms with E-state index in [1.165, 1.54) is 113 Å². The van der Waals surface area contributed by atoms with Gasteiger partial charge in [0.1, 0.15) is 5.75 Å². The summed E-state index contributed by atoms with van der Waals surface area (Å²) in [6.45, 7) is 5.68. The van der Waals surface area contributed by atoms with Gasteiger partial charge in [0.05, 0.1) is 13.2 Å². The molecule has 2 aromatic rings. The Labute approximate surface area is 243 Å². The van der Waals surface area contributed by atoms with Crippen LogP contribution in [0.25, 0.3) is 10.9 Å². The minimum absolute atomic E-state index is 0.0680. The van der Waals surface area contributed by atoms with Crippen molar-refractivity contribution in [2.75, 3.05) is 13.7 Å². The summed E-state index contributed by atoms with van der Waals surface area (Å²) in [6, 6.07) is 6.80. The van der Waals surface area contributed by atoms with E-state index < -0.39 is 0 Å². The van der Waals surface area contributed by atoms with Crippen LogP contribution in [0.4, 0.5) is 0 Å². The Balaban J connectivity index is 1.71. The van der Waals surface area contributed by atoms with E-state index in [2.05, 4.69) is 36.6 Å². The van der Waals surface area contributed by atoms with Gasteiger partial charge in [0, 0.05) is 29.6 Å². The lowest BCUT2D eigenvalue weighted by atomic mass is 9.87. The second-order valence-electron chi connectivity index (χ2n) is 11.9. The molecule has 1 aromatic carbocycles. The van der Waals surface area contributed by atoms with Gasteiger partial charge >= 0.3 is 5.97 Å². The molecule has 5 heteroatoms. The van der Waals surface area contributed by atoms with Gasteiger partial charge in [0.2, 0.25) is 0 Å². The molecule has 1 unspecified atom stereocenters. The number of fused-ring (bicyclic) bond motifs is 3. The molecule has 0 spiro atoms. The zero-order chi connectivity index (χ0) is 28.6. The predicted molar refractivity (Wildman–Crippen MR) is 165 cm³/mol. The number of carbonyl (C=O) groups excluding carboxylic acids is 1. The summed E-state index contributed by atoms with van der Waals surface area (Å²) in [4.78, 5) is 11.9. The zero-order valence-corrected chi connectivity index (χ0v) is 25.7. The average molecular weight is 551 g/mol. The summed E-state index contributed by atoms with van der Waals surface area (Å²) in [5, 5.41) is 10.2. The number of aromatic nitrogens is 1. The van der Waals surface area contributed by atoms with E-state index >= 15 is 0 Å². The van der Waals surface area contributed by atoms with Crippen molar-refractivity contribution in [3.8, 4) is 11.8 Å². The number of nitriles is 1. The van der Waals surface area contributed by atoms with Crippen molar-refractivity contribution >= 4 is 16.9 Å². The zero-order valence-electron chi connectivity index (χ0n) is 25.7. The van der Waals surface area contributed by atoms with Gasteiger partial charge in [-0.15, -0.1) is 0 Å². The molecule has 0 saturated heterocycles. The molecule has 0 radical (unpaired) electrons. The van der Waals surface area contributed by atoms with Gasteiger partial charge in [-0.3, -0.25) is 0 Å². The standard InChI is InChI=1S/C35H54N2O3/c1-4-5-6-7-8-9-10-11-12-15-18-24-37-32-25-29(21-16-13-14-17-23-36)33(40-27-34(38)39-3)26-31(32)30-22-19-20-28(2)35(30)37/h25-26,28H,4-22,24,27H2,1-3H3. The Bertz CT molecular complexity index is 1080. The van der Waals surface area contributed by atoms with E-state index in [4.69, 9.17) is 14.7 Å². The maximum absolute atomic E-state index is 11.9. The van der Waals surface area contributed by atoms with Crippen LogP contribution in [0.2, 0.25) is 0 Å². The largest absolute Gasteiger partial charge is 0.482 e. The fourth-order valence-electron chi connectivity index (χ4n) is 6.45. The molecule has 1 aliphatic rings. The molecule has 1 aromatic heterocycles. The number of benzene rings is 1. The smallest absolute Gasteiger partial charge is 0.343 e. The molecule has 1 heterocycles. The molecule has 0 amide bonds. The van der Waals surface area contributed by atoms with Gasteiger partial charge < -0.3 is 14.0 Å². The lowest BCUT2D eigenvalue weighted by Gasteiger charge is -2.22. The number of hydrogen-bond acceptors (Lipinski definition) is 4. The topological polar surface area (TPSA) is 64.2 Å². The SMILES string of the molecule is CCCCCCCCCCCCCn1c2c(c3cc(OCC(=O)OC)c(CCCCCC#N)cc31)CCCC2C. The van der Waals surface area contributed by atoms with Crippen molar-refractivity contribution < 1.29 is 14.3 Å². The first kappa shape index (κ1) is 32.0. The maximum atomic E-state index is 11.9. The molecular weight excluding hydrogens is 496 g/mol. The van der Waals surface area contributed by atoms with Gasteiger partial charge in [0.15, 0.2) is 6.61 Å². The van der Waals surface area contributed by atoms with E-state index in [0.717, 1.165) is 50.0 Å². The second kappa shape index (κ2) is 18.1. The highest BCUT2D eigenvalue weighted by Gasteiger charge is 2.26. The highest BCUT2D eigenvalue weighted by Crippen LogP contribution is 2.41. The van der Waals surface area contributed by atoms with Gasteiger partial charge in [-0.1, -0.05) is 84.5 Å². The number of ether oxygens (including phenoxy) is 2. The molecule has 0 N–H and O–H groups in total. The van der Waals surface area contributed by atoms with Crippen molar-refractivity contribution in [2.24, 2.45) is 0 Å². The first-order valence-electron chi connectivity index (χ1n) is 16.3. The highest BCUT2D eigenvalue weighted by atomic mass is 16.6. The Morgan fingerprint density at radius 2 is 1.65 bits per heavy atom. The van der Waals surface area contributed by atoms with Crippen LogP contribution in [0, 0.1) is 11.3 Å². The molecular formula is C35H54N2O3. The van der Waals surface area contributed by atoms with Crippen LogP contribution in [-0.2, 0) is 28.9 Å². The van der Waals surface area contributed by atoms with Crippen molar-refractivity contribution in [1.82, 2.24) is 4.57 Å². The average Bonchev–Trinajstić information content (AvgIpc) is 3.27. The van der Waals surface area contributed by atoms with Crippen LogP contribution in [-0.4, -0.2) is 24.3 Å². The van der Waals surface area contributed by atoms with Crippen LogP contribution in [0.5, 0.6) is 5.75 Å². The number of carbonyl (C=O) groups is 1. The number of unbranched alkanes of at least 4 members (excludes halogenated alkanes) is 13. The third kappa shape index (κ3) is 9.57. The highest BCUT2D eigenvalue weighted by molar-refractivity contribution is 5.88. The summed E-state index contributed by atoms with van der Waals surface area (Å²) in [7, 11) is 1.40. The normalized spacial score (nSPS) is 14.7. The number of hydrogen-bond donors (Lipinski definition) is 0. The Morgan fingerprint density at radius 1 is 0.975 bits per heavy atom. The van der Waals surface area contributed by atoms with Crippen LogP contribution >= 0.6 is 0 Å². The summed E-state index contributed by atoms with van der Waals surface area (Å²) in [6.07, 6.45) is 23.0. The number of aryl methyl sites for hydroxylation is 3. The molecule has 0 bridgehead atoms. The van der Waals surface area contributed by atoms with Crippen molar-refractivity contribution in [3.05, 3.63) is 29.0 Å². The minimum Gasteiger partial charge on any atom is -0.482 e. The molecule has 3 rings (SSSR count). The van der Waals surface area contributed by atoms with Gasteiger partial charge in [-0.25, -0.2) is 4.79 Å². The molecule has 222 valence electrons. The lowest BCUT2D eigenvalue weighted by molar-refractivity contribution is -0.142. The second-order valence-corrected chi connectivity index (χ2v) is 11.9. The third-order valence-electron chi connectivity index (χ3n) is 8.72. The van der Waals surface area contributed by atoms with Crippen LogP contribution in [0.1, 0.15) is 146 Å². The fraction of sp³-hybridized carbons (Fsp3) is 0.714. The summed E-state index contributed by atoms with van der Waals surface area (Å²) in [5.41, 5.74) is 5.51. The number of methoxy groups -OCH3 is 1. The molecule has 1 aliphatic carbocycles. The molecule has 5 nitrogen and oxygen atoms in total. The maximum Gasteiger partial charge on any atom is 0.343 e. The molecule has 0 saturated carbocycles. The van der Waals surface area contributed by atoms with E-state index in [0.29, 0.717) is 12.3 Å². The summed E-state index contributed by atoms with van der Waals surface area (Å²) in [5.74, 6) is 1.02. The van der Waals surface area contributed by atoms with Crippen LogP contribution < -0.4 is 4.74 Å². The van der Waals surface area contributed by atoms with Crippen molar-refractivity contribution in [2.45, 2.75) is 148 Å². The van der Waals surface area contributed by atoms with Crippen molar-refractivity contribution in [3.63, 3.8) is 0 Å². The Hall–Kier alpha value is -2.48. The fourth-order valence-corrected chi connectivity index (χ4v) is 6.45. The van der Waals surface area contributed by atoms with Crippen LogP contribution in [0.3, 0.4) is 0 Å².